The maximum Gasteiger partial charge on any atom is 0.317 e. The number of carboxylic acid groups (broad SMARTS) is 1. The molecule has 0 spiro atoms. The Hall–Kier alpha value is -1.26. The summed E-state index contributed by atoms with van der Waals surface area (Å²) in [6, 6.07) is -0.0314. The Morgan fingerprint density at radius 2 is 1.94 bits per heavy atom. The number of carboxylic acids is 1. The van der Waals surface area contributed by atoms with E-state index in [0.717, 1.165) is 12.8 Å². The molecule has 2 amide bonds. The first-order valence-electron chi connectivity index (χ1n) is 6.27. The maximum absolute atomic E-state index is 11.9. The van der Waals surface area contributed by atoms with E-state index >= 15 is 0 Å². The van der Waals surface area contributed by atoms with Crippen LogP contribution in [-0.2, 0) is 4.79 Å². The van der Waals surface area contributed by atoms with Crippen molar-refractivity contribution in [1.29, 1.82) is 0 Å². The minimum absolute atomic E-state index is 0.0314. The summed E-state index contributed by atoms with van der Waals surface area (Å²) in [5.74, 6) is -0.646. The zero-order valence-electron chi connectivity index (χ0n) is 10.2. The smallest absolute Gasteiger partial charge is 0.317 e. The number of carbonyl (C=O) groups is 2. The summed E-state index contributed by atoms with van der Waals surface area (Å²) in [6.07, 6.45) is 4.62. The third-order valence-corrected chi connectivity index (χ3v) is 3.82. The summed E-state index contributed by atoms with van der Waals surface area (Å²) >= 11 is 0. The Kier molecular flexibility index (Phi) is 3.26. The Balaban J connectivity index is 1.74. The molecule has 1 saturated heterocycles. The van der Waals surface area contributed by atoms with Crippen LogP contribution in [0.2, 0.25) is 0 Å². The third kappa shape index (κ3) is 2.90. The average Bonchev–Trinajstić information content (AvgIpc) is 2.57. The molecule has 1 aliphatic heterocycles. The van der Waals surface area contributed by atoms with Gasteiger partial charge in [0.15, 0.2) is 0 Å². The second kappa shape index (κ2) is 4.55. The molecular weight excluding hydrogens is 220 g/mol. The molecule has 5 heteroatoms. The Morgan fingerprint density at radius 1 is 1.35 bits per heavy atom. The Bertz CT molecular complexity index is 318. The van der Waals surface area contributed by atoms with Crippen molar-refractivity contribution >= 4 is 12.0 Å². The van der Waals surface area contributed by atoms with Gasteiger partial charge in [0.2, 0.25) is 0 Å². The van der Waals surface area contributed by atoms with Crippen molar-refractivity contribution in [3.63, 3.8) is 0 Å². The number of rotatable bonds is 3. The lowest BCUT2D eigenvalue weighted by Gasteiger charge is -2.40. The highest BCUT2D eigenvalue weighted by atomic mass is 16.4. The van der Waals surface area contributed by atoms with E-state index in [-0.39, 0.29) is 23.9 Å². The summed E-state index contributed by atoms with van der Waals surface area (Å²) in [6.45, 7) is 3.24. The molecule has 2 fully saturated rings. The predicted molar refractivity (Wildman–Crippen MR) is 62.7 cm³/mol. The van der Waals surface area contributed by atoms with Crippen molar-refractivity contribution < 1.29 is 14.7 Å². The van der Waals surface area contributed by atoms with Crippen LogP contribution < -0.4 is 5.32 Å². The van der Waals surface area contributed by atoms with Gasteiger partial charge in [0.25, 0.3) is 0 Å². The molecule has 0 aromatic rings. The zero-order chi connectivity index (χ0) is 12.5. The van der Waals surface area contributed by atoms with Gasteiger partial charge in [-0.25, -0.2) is 4.79 Å². The predicted octanol–water partition coefficient (Wildman–Crippen LogP) is 1.44. The number of hydrogen-bond acceptors (Lipinski definition) is 2. The molecule has 0 radical (unpaired) electrons. The van der Waals surface area contributed by atoms with E-state index in [2.05, 4.69) is 12.2 Å². The van der Waals surface area contributed by atoms with Gasteiger partial charge in [0, 0.05) is 24.5 Å². The second-order valence-electron chi connectivity index (χ2n) is 5.57. The van der Waals surface area contributed by atoms with Gasteiger partial charge in [0.1, 0.15) is 0 Å². The minimum Gasteiger partial charge on any atom is -0.481 e. The van der Waals surface area contributed by atoms with Gasteiger partial charge in [-0.3, -0.25) is 4.79 Å². The molecule has 96 valence electrons. The van der Waals surface area contributed by atoms with Crippen LogP contribution in [0.1, 0.15) is 39.0 Å². The van der Waals surface area contributed by atoms with E-state index in [1.165, 1.54) is 12.8 Å². The minimum atomic E-state index is -0.780. The van der Waals surface area contributed by atoms with Crippen LogP contribution in [0.3, 0.4) is 0 Å². The molecule has 17 heavy (non-hydrogen) atoms. The largest absolute Gasteiger partial charge is 0.481 e. The van der Waals surface area contributed by atoms with Crippen LogP contribution >= 0.6 is 0 Å². The fraction of sp³-hybridized carbons (Fsp3) is 0.833. The molecule has 1 saturated carbocycles. The van der Waals surface area contributed by atoms with E-state index in [0.29, 0.717) is 13.1 Å². The molecule has 0 bridgehead atoms. The highest BCUT2D eigenvalue weighted by Crippen LogP contribution is 2.29. The van der Waals surface area contributed by atoms with Crippen molar-refractivity contribution in [2.24, 2.45) is 5.92 Å². The zero-order valence-corrected chi connectivity index (χ0v) is 10.2. The van der Waals surface area contributed by atoms with Crippen molar-refractivity contribution in [3.8, 4) is 0 Å². The number of nitrogens with one attached hydrogen (secondary N) is 1. The number of amides is 2. The lowest BCUT2D eigenvalue weighted by atomic mass is 9.96. The van der Waals surface area contributed by atoms with Crippen molar-refractivity contribution in [1.82, 2.24) is 10.2 Å². The van der Waals surface area contributed by atoms with Gasteiger partial charge in [0.05, 0.1) is 6.42 Å². The number of urea groups is 1. The van der Waals surface area contributed by atoms with Gasteiger partial charge < -0.3 is 15.3 Å². The molecular formula is C12H20N2O3. The monoisotopic (exact) mass is 240 g/mol. The van der Waals surface area contributed by atoms with E-state index in [1.54, 1.807) is 4.90 Å². The molecule has 1 heterocycles. The molecule has 0 aromatic carbocycles. The van der Waals surface area contributed by atoms with E-state index in [9.17, 15) is 9.59 Å². The number of carbonyl (C=O) groups excluding carboxylic acids is 1. The number of likely N-dealkylation sites (tertiary alicyclic amines) is 1. The summed E-state index contributed by atoms with van der Waals surface area (Å²) in [5, 5.41) is 11.7. The van der Waals surface area contributed by atoms with Gasteiger partial charge in [-0.1, -0.05) is 12.8 Å². The molecule has 2 aliphatic rings. The SMILES string of the molecule is CC1(NC(=O)N2CC(CC(=O)O)C2)CCCC1. The van der Waals surface area contributed by atoms with Crippen LogP contribution in [0.25, 0.3) is 0 Å². The Morgan fingerprint density at radius 3 is 2.47 bits per heavy atom. The lowest BCUT2D eigenvalue weighted by molar-refractivity contribution is -0.139. The molecule has 0 unspecified atom stereocenters. The van der Waals surface area contributed by atoms with E-state index in [1.807, 2.05) is 0 Å². The van der Waals surface area contributed by atoms with E-state index < -0.39 is 5.97 Å². The molecule has 0 aromatic heterocycles. The summed E-state index contributed by atoms with van der Waals surface area (Å²) in [5.41, 5.74) is -0.0467. The van der Waals surface area contributed by atoms with Crippen LogP contribution in [0.15, 0.2) is 0 Å². The fourth-order valence-electron chi connectivity index (χ4n) is 2.73. The van der Waals surface area contributed by atoms with Gasteiger partial charge >= 0.3 is 12.0 Å². The molecule has 2 N–H and O–H groups in total. The third-order valence-electron chi connectivity index (χ3n) is 3.82. The molecule has 5 nitrogen and oxygen atoms in total. The quantitative estimate of drug-likeness (QED) is 0.784. The number of aliphatic carboxylic acids is 1. The van der Waals surface area contributed by atoms with Crippen LogP contribution in [0, 0.1) is 5.92 Å². The number of hydrogen-bond donors (Lipinski definition) is 2. The first-order chi connectivity index (χ1) is 7.98. The van der Waals surface area contributed by atoms with Gasteiger partial charge in [-0.05, 0) is 19.8 Å². The molecule has 1 aliphatic carbocycles. The topological polar surface area (TPSA) is 69.6 Å². The first-order valence-corrected chi connectivity index (χ1v) is 6.27. The van der Waals surface area contributed by atoms with Crippen molar-refractivity contribution in [2.75, 3.05) is 13.1 Å². The van der Waals surface area contributed by atoms with Crippen LogP contribution in [0.5, 0.6) is 0 Å². The molecule has 0 atom stereocenters. The standard InChI is InChI=1S/C12H20N2O3/c1-12(4-2-3-5-12)13-11(17)14-7-9(8-14)6-10(15)16/h9H,2-8H2,1H3,(H,13,17)(H,15,16). The van der Waals surface area contributed by atoms with Gasteiger partial charge in [-0.15, -0.1) is 0 Å². The normalized spacial score (nSPS) is 23.2. The summed E-state index contributed by atoms with van der Waals surface area (Å²) in [4.78, 5) is 24.1. The fourth-order valence-corrected chi connectivity index (χ4v) is 2.73. The maximum atomic E-state index is 11.9. The van der Waals surface area contributed by atoms with Crippen molar-refractivity contribution in [2.45, 2.75) is 44.6 Å². The highest BCUT2D eigenvalue weighted by Gasteiger charge is 2.36. The van der Waals surface area contributed by atoms with Crippen molar-refractivity contribution in [3.05, 3.63) is 0 Å². The average molecular weight is 240 g/mol. The lowest BCUT2D eigenvalue weighted by Crippen LogP contribution is -2.58. The first kappa shape index (κ1) is 12.2. The number of nitrogens with zero attached hydrogens (tertiary/aromatic N) is 1. The highest BCUT2D eigenvalue weighted by molar-refractivity contribution is 5.76. The van der Waals surface area contributed by atoms with Crippen LogP contribution in [0.4, 0.5) is 4.79 Å². The molecule has 2 rings (SSSR count). The summed E-state index contributed by atoms with van der Waals surface area (Å²) < 4.78 is 0. The second-order valence-corrected chi connectivity index (χ2v) is 5.57. The summed E-state index contributed by atoms with van der Waals surface area (Å²) in [7, 11) is 0. The Labute approximate surface area is 101 Å². The van der Waals surface area contributed by atoms with Gasteiger partial charge in [-0.2, -0.15) is 0 Å². The van der Waals surface area contributed by atoms with Crippen LogP contribution in [-0.4, -0.2) is 40.6 Å². The van der Waals surface area contributed by atoms with E-state index in [4.69, 9.17) is 5.11 Å².